The van der Waals surface area contributed by atoms with Crippen molar-refractivity contribution in [2.24, 2.45) is 0 Å². The molecule has 0 bridgehead atoms. The van der Waals surface area contributed by atoms with Gasteiger partial charge < -0.3 is 14.8 Å². The first-order valence-corrected chi connectivity index (χ1v) is 6.51. The molecule has 0 unspecified atom stereocenters. The average molecular weight is 266 g/mol. The summed E-state index contributed by atoms with van der Waals surface area (Å²) in [7, 11) is 1.53. The number of pyridine rings is 1. The van der Waals surface area contributed by atoms with E-state index in [-0.39, 0.29) is 5.91 Å². The minimum atomic E-state index is -0.822. The van der Waals surface area contributed by atoms with E-state index in [0.29, 0.717) is 24.6 Å². The highest BCUT2D eigenvalue weighted by atomic mass is 16.5. The van der Waals surface area contributed by atoms with Crippen molar-refractivity contribution in [2.75, 3.05) is 19.0 Å². The van der Waals surface area contributed by atoms with E-state index in [1.165, 1.54) is 7.11 Å². The number of nitrogens with one attached hydrogen (secondary N) is 1. The second-order valence-electron chi connectivity index (χ2n) is 4.48. The molecule has 0 fully saturated rings. The Morgan fingerprint density at radius 1 is 1.42 bits per heavy atom. The number of hydrogen-bond acceptors (Lipinski definition) is 4. The molecule has 1 atom stereocenters. The van der Waals surface area contributed by atoms with E-state index >= 15 is 0 Å². The molecule has 0 saturated heterocycles. The maximum absolute atomic E-state index is 12.1. The summed E-state index contributed by atoms with van der Waals surface area (Å²) in [5.74, 6) is 0.381. The van der Waals surface area contributed by atoms with Crippen LogP contribution in [0, 0.1) is 0 Å². The number of anilines is 1. The van der Waals surface area contributed by atoms with Crippen molar-refractivity contribution in [3.63, 3.8) is 0 Å². The summed E-state index contributed by atoms with van der Waals surface area (Å²) in [6, 6.07) is 3.50. The highest BCUT2D eigenvalue weighted by Crippen LogP contribution is 2.18. The van der Waals surface area contributed by atoms with Crippen LogP contribution in [0.1, 0.15) is 33.6 Å². The van der Waals surface area contributed by atoms with E-state index in [0.717, 1.165) is 6.42 Å². The Kier molecular flexibility index (Phi) is 5.76. The predicted octanol–water partition coefficient (Wildman–Crippen LogP) is 2.62. The number of nitrogens with zero attached hydrogens (tertiary/aromatic N) is 1. The Bertz CT molecular complexity index is 400. The second kappa shape index (κ2) is 7.09. The zero-order valence-electron chi connectivity index (χ0n) is 12.0. The molecular formula is C14H22N2O3. The lowest BCUT2D eigenvalue weighted by atomic mass is 10.0. The van der Waals surface area contributed by atoms with Gasteiger partial charge in [0.2, 0.25) is 5.88 Å². The van der Waals surface area contributed by atoms with Crippen molar-refractivity contribution < 1.29 is 14.3 Å². The minimum Gasteiger partial charge on any atom is -0.478 e. The number of carbonyl (C=O) groups is 1. The largest absolute Gasteiger partial charge is 0.478 e. The van der Waals surface area contributed by atoms with Crippen LogP contribution in [-0.4, -0.2) is 30.2 Å². The number of carbonyl (C=O) groups excluding carboxylic acids is 1. The van der Waals surface area contributed by atoms with E-state index < -0.39 is 5.60 Å². The van der Waals surface area contributed by atoms with Crippen LogP contribution in [0.4, 0.5) is 5.69 Å². The Hall–Kier alpha value is -1.62. The molecule has 1 aromatic heterocycles. The third kappa shape index (κ3) is 4.21. The minimum absolute atomic E-state index is 0.179. The summed E-state index contributed by atoms with van der Waals surface area (Å²) in [5, 5.41) is 2.79. The molecule has 0 saturated carbocycles. The fourth-order valence-electron chi connectivity index (χ4n) is 1.41. The highest BCUT2D eigenvalue weighted by molar-refractivity contribution is 5.96. The number of amides is 1. The van der Waals surface area contributed by atoms with Crippen molar-refractivity contribution >= 4 is 11.6 Å². The lowest BCUT2D eigenvalue weighted by Crippen LogP contribution is -2.41. The Morgan fingerprint density at radius 3 is 2.63 bits per heavy atom. The van der Waals surface area contributed by atoms with Crippen LogP contribution in [0.15, 0.2) is 18.3 Å². The van der Waals surface area contributed by atoms with Crippen LogP contribution in [0.3, 0.4) is 0 Å². The number of aromatic nitrogens is 1. The van der Waals surface area contributed by atoms with Crippen LogP contribution in [0.5, 0.6) is 5.88 Å². The molecule has 1 amide bonds. The average Bonchev–Trinajstić information content (AvgIpc) is 2.45. The predicted molar refractivity (Wildman–Crippen MR) is 74.4 cm³/mol. The molecule has 1 N–H and O–H groups in total. The molecule has 0 spiro atoms. The summed E-state index contributed by atoms with van der Waals surface area (Å²) in [5.41, 5.74) is -0.192. The Labute approximate surface area is 114 Å². The monoisotopic (exact) mass is 266 g/mol. The van der Waals surface area contributed by atoms with Gasteiger partial charge in [0.15, 0.2) is 0 Å². The first kappa shape index (κ1) is 15.4. The molecule has 0 aliphatic rings. The lowest BCUT2D eigenvalue weighted by molar-refractivity contribution is -0.136. The molecule has 1 rings (SSSR count). The van der Waals surface area contributed by atoms with Crippen molar-refractivity contribution in [2.45, 2.75) is 39.2 Å². The molecule has 5 heteroatoms. The van der Waals surface area contributed by atoms with Gasteiger partial charge in [-0.05, 0) is 25.8 Å². The number of rotatable bonds is 7. The zero-order chi connectivity index (χ0) is 14.3. The van der Waals surface area contributed by atoms with Gasteiger partial charge in [-0.1, -0.05) is 13.8 Å². The van der Waals surface area contributed by atoms with Gasteiger partial charge in [-0.25, -0.2) is 4.98 Å². The summed E-state index contributed by atoms with van der Waals surface area (Å²) in [6.45, 7) is 6.33. The smallest absolute Gasteiger partial charge is 0.256 e. The molecule has 0 aliphatic carbocycles. The summed E-state index contributed by atoms with van der Waals surface area (Å²) in [6.07, 6.45) is 3.11. The van der Waals surface area contributed by atoms with Crippen molar-refractivity contribution in [1.82, 2.24) is 4.98 Å². The van der Waals surface area contributed by atoms with Crippen molar-refractivity contribution in [3.8, 4) is 5.88 Å². The SMILES string of the molecule is CCCOc1ccc(NC(=O)[C@@](C)(CC)OC)cn1. The number of methoxy groups -OCH3 is 1. The number of hydrogen-bond donors (Lipinski definition) is 1. The quantitative estimate of drug-likeness (QED) is 0.824. The Morgan fingerprint density at radius 2 is 2.16 bits per heavy atom. The van der Waals surface area contributed by atoms with E-state index in [4.69, 9.17) is 9.47 Å². The number of ether oxygens (including phenoxy) is 2. The summed E-state index contributed by atoms with van der Waals surface area (Å²) < 4.78 is 10.6. The molecule has 5 nitrogen and oxygen atoms in total. The van der Waals surface area contributed by atoms with E-state index in [9.17, 15) is 4.79 Å². The summed E-state index contributed by atoms with van der Waals surface area (Å²) in [4.78, 5) is 16.2. The van der Waals surface area contributed by atoms with Gasteiger partial charge in [0, 0.05) is 13.2 Å². The first-order chi connectivity index (χ1) is 9.05. The molecule has 19 heavy (non-hydrogen) atoms. The van der Waals surface area contributed by atoms with Gasteiger partial charge in [-0.3, -0.25) is 4.79 Å². The third-order valence-electron chi connectivity index (χ3n) is 3.05. The van der Waals surface area contributed by atoms with Gasteiger partial charge in [-0.15, -0.1) is 0 Å². The van der Waals surface area contributed by atoms with Crippen molar-refractivity contribution in [3.05, 3.63) is 18.3 Å². The molecular weight excluding hydrogens is 244 g/mol. The topological polar surface area (TPSA) is 60.5 Å². The fraction of sp³-hybridized carbons (Fsp3) is 0.571. The first-order valence-electron chi connectivity index (χ1n) is 6.51. The molecule has 106 valence electrons. The van der Waals surface area contributed by atoms with E-state index in [1.807, 2.05) is 13.8 Å². The third-order valence-corrected chi connectivity index (χ3v) is 3.05. The Balaban J connectivity index is 2.65. The van der Waals surface area contributed by atoms with Crippen LogP contribution >= 0.6 is 0 Å². The highest BCUT2D eigenvalue weighted by Gasteiger charge is 2.30. The standard InChI is InChI=1S/C14H22N2O3/c1-5-9-19-12-8-7-11(10-15-12)16-13(17)14(3,6-2)18-4/h7-8,10H,5-6,9H2,1-4H3,(H,16,17)/t14-/m1/s1. The van der Waals surface area contributed by atoms with Crippen LogP contribution < -0.4 is 10.1 Å². The van der Waals surface area contributed by atoms with Crippen molar-refractivity contribution in [1.29, 1.82) is 0 Å². The van der Waals surface area contributed by atoms with Crippen LogP contribution in [0.2, 0.25) is 0 Å². The van der Waals surface area contributed by atoms with E-state index in [2.05, 4.69) is 10.3 Å². The lowest BCUT2D eigenvalue weighted by Gasteiger charge is -2.25. The van der Waals surface area contributed by atoms with Gasteiger partial charge in [0.25, 0.3) is 5.91 Å². The maximum atomic E-state index is 12.1. The molecule has 0 aliphatic heterocycles. The summed E-state index contributed by atoms with van der Waals surface area (Å²) >= 11 is 0. The molecule has 0 aromatic carbocycles. The fourth-order valence-corrected chi connectivity index (χ4v) is 1.41. The van der Waals surface area contributed by atoms with E-state index in [1.54, 1.807) is 25.3 Å². The van der Waals surface area contributed by atoms with Gasteiger partial charge in [0.1, 0.15) is 5.60 Å². The van der Waals surface area contributed by atoms with Gasteiger partial charge in [-0.2, -0.15) is 0 Å². The van der Waals surface area contributed by atoms with Crippen LogP contribution in [-0.2, 0) is 9.53 Å². The maximum Gasteiger partial charge on any atom is 0.256 e. The van der Waals surface area contributed by atoms with Crippen LogP contribution in [0.25, 0.3) is 0 Å². The van der Waals surface area contributed by atoms with Gasteiger partial charge >= 0.3 is 0 Å². The van der Waals surface area contributed by atoms with Gasteiger partial charge in [0.05, 0.1) is 18.5 Å². The molecule has 0 radical (unpaired) electrons. The molecule has 1 heterocycles. The second-order valence-corrected chi connectivity index (χ2v) is 4.48. The molecule has 1 aromatic rings. The normalized spacial score (nSPS) is 13.7. The zero-order valence-corrected chi connectivity index (χ0v) is 12.0.